The highest BCUT2D eigenvalue weighted by atomic mass is 35.5. The average Bonchev–Trinajstić information content (AvgIpc) is 2.55. The molecule has 2 rings (SSSR count). The molecule has 1 unspecified atom stereocenters. The first kappa shape index (κ1) is 18.8. The summed E-state index contributed by atoms with van der Waals surface area (Å²) in [5.74, 6) is -2.55. The van der Waals surface area contributed by atoms with Crippen LogP contribution in [0.25, 0.3) is 0 Å². The highest BCUT2D eigenvalue weighted by Crippen LogP contribution is 2.28. The molecule has 8 heteroatoms. The molecule has 0 saturated heterocycles. The molecule has 6 nitrogen and oxygen atoms in total. The van der Waals surface area contributed by atoms with Crippen LogP contribution in [0.3, 0.4) is 0 Å². The third kappa shape index (κ3) is 4.49. The molecule has 0 fully saturated rings. The maximum absolute atomic E-state index is 12.7. The highest BCUT2D eigenvalue weighted by molar-refractivity contribution is 6.35. The Kier molecular flexibility index (Phi) is 6.01. The Bertz CT molecular complexity index is 867. The van der Waals surface area contributed by atoms with Crippen molar-refractivity contribution in [2.75, 3.05) is 0 Å². The van der Waals surface area contributed by atoms with Crippen LogP contribution in [0.5, 0.6) is 0 Å². The molecule has 0 saturated carbocycles. The van der Waals surface area contributed by atoms with Crippen molar-refractivity contribution in [1.82, 2.24) is 0 Å². The molecule has 2 aromatic carbocycles. The van der Waals surface area contributed by atoms with Gasteiger partial charge < -0.3 is 5.11 Å². The molecule has 0 amide bonds. The molecule has 0 aliphatic rings. The Morgan fingerprint density at radius 3 is 2.32 bits per heavy atom. The van der Waals surface area contributed by atoms with Crippen molar-refractivity contribution in [3.63, 3.8) is 0 Å². The van der Waals surface area contributed by atoms with E-state index in [1.54, 1.807) is 24.3 Å². The summed E-state index contributed by atoms with van der Waals surface area (Å²) in [6, 6.07) is 9.07. The number of carbonyl (C=O) groups excluding carboxylic acids is 2. The fraction of sp³-hybridized carbons (Fsp3) is 0.118. The van der Waals surface area contributed by atoms with Crippen molar-refractivity contribution in [2.45, 2.75) is 13.0 Å². The van der Waals surface area contributed by atoms with Gasteiger partial charge >= 0.3 is 5.97 Å². The summed E-state index contributed by atoms with van der Waals surface area (Å²) in [5.41, 5.74) is 0.420. The van der Waals surface area contributed by atoms with Crippen LogP contribution in [-0.4, -0.2) is 28.7 Å². The van der Waals surface area contributed by atoms with Gasteiger partial charge in [-0.2, -0.15) is 10.2 Å². The van der Waals surface area contributed by atoms with E-state index in [1.807, 2.05) is 0 Å². The van der Waals surface area contributed by atoms with Crippen molar-refractivity contribution in [3.05, 3.63) is 63.6 Å². The van der Waals surface area contributed by atoms with Crippen LogP contribution in [0.1, 0.15) is 22.8 Å². The van der Waals surface area contributed by atoms with Crippen molar-refractivity contribution in [1.29, 1.82) is 0 Å². The molecule has 0 spiro atoms. The molecule has 2 aromatic rings. The van der Waals surface area contributed by atoms with E-state index in [2.05, 4.69) is 10.2 Å². The summed E-state index contributed by atoms with van der Waals surface area (Å²) >= 11 is 12.0. The monoisotopic (exact) mass is 378 g/mol. The van der Waals surface area contributed by atoms with Gasteiger partial charge in [-0.15, -0.1) is 0 Å². The highest BCUT2D eigenvalue weighted by Gasteiger charge is 2.23. The molecule has 0 heterocycles. The number of benzene rings is 2. The van der Waals surface area contributed by atoms with Crippen LogP contribution in [0.15, 0.2) is 52.7 Å². The van der Waals surface area contributed by atoms with Crippen molar-refractivity contribution < 1.29 is 19.5 Å². The Labute approximate surface area is 153 Å². The number of azo groups is 1. The minimum Gasteiger partial charge on any atom is -0.479 e. The third-order valence-corrected chi connectivity index (χ3v) is 3.79. The molecular formula is C17H12Cl2N2O4. The number of hydrogen-bond donors (Lipinski definition) is 1. The first-order chi connectivity index (χ1) is 11.8. The molecule has 128 valence electrons. The lowest BCUT2D eigenvalue weighted by atomic mass is 10.0. The second kappa shape index (κ2) is 8.00. The Morgan fingerprint density at radius 2 is 1.72 bits per heavy atom. The van der Waals surface area contributed by atoms with Gasteiger partial charge in [0.2, 0.25) is 6.04 Å². The van der Waals surface area contributed by atoms with Gasteiger partial charge in [0.25, 0.3) is 0 Å². The van der Waals surface area contributed by atoms with E-state index >= 15 is 0 Å². The lowest BCUT2D eigenvalue weighted by molar-refractivity contribution is -0.141. The third-order valence-electron chi connectivity index (χ3n) is 3.22. The first-order valence-corrected chi connectivity index (χ1v) is 7.79. The molecule has 1 N–H and O–H groups in total. The van der Waals surface area contributed by atoms with Crippen LogP contribution < -0.4 is 0 Å². The second-order valence-corrected chi connectivity index (χ2v) is 5.88. The zero-order valence-corrected chi connectivity index (χ0v) is 14.5. The minimum atomic E-state index is -1.64. The predicted molar refractivity (Wildman–Crippen MR) is 93.0 cm³/mol. The number of Topliss-reactive ketones (excluding diaryl/α,β-unsaturated/α-hetero) is 1. The van der Waals surface area contributed by atoms with Gasteiger partial charge in [0.15, 0.2) is 11.6 Å². The number of hydrogen-bond acceptors (Lipinski definition) is 5. The largest absolute Gasteiger partial charge is 0.479 e. The van der Waals surface area contributed by atoms with Gasteiger partial charge in [-0.25, -0.2) is 4.79 Å². The number of aliphatic carboxylic acids is 1. The van der Waals surface area contributed by atoms with E-state index in [0.29, 0.717) is 0 Å². The zero-order valence-electron chi connectivity index (χ0n) is 12.9. The van der Waals surface area contributed by atoms with Crippen LogP contribution in [0.2, 0.25) is 10.0 Å². The standard InChI is InChI=1S/C17H12Cl2N2O4/c1-9(22)15(17(24)25)21-20-14-7-6-10(18)8-12(14)16(23)11-4-2-3-5-13(11)19/h2-8,15H,1H3,(H,24,25). The SMILES string of the molecule is CC(=O)C(N=Nc1ccc(Cl)cc1C(=O)c1ccccc1Cl)C(=O)O. The van der Waals surface area contributed by atoms with Crippen LogP contribution in [-0.2, 0) is 9.59 Å². The maximum Gasteiger partial charge on any atom is 0.338 e. The van der Waals surface area contributed by atoms with E-state index in [4.69, 9.17) is 28.3 Å². The number of halogens is 2. The van der Waals surface area contributed by atoms with E-state index in [1.165, 1.54) is 18.2 Å². The lowest BCUT2D eigenvalue weighted by Gasteiger charge is -2.07. The van der Waals surface area contributed by atoms with Crippen LogP contribution >= 0.6 is 23.2 Å². The fourth-order valence-corrected chi connectivity index (χ4v) is 2.39. The Morgan fingerprint density at radius 1 is 1.04 bits per heavy atom. The van der Waals surface area contributed by atoms with Gasteiger partial charge in [0.05, 0.1) is 16.3 Å². The molecule has 0 radical (unpaired) electrons. The molecular weight excluding hydrogens is 367 g/mol. The number of nitrogens with zero attached hydrogens (tertiary/aromatic N) is 2. The van der Waals surface area contributed by atoms with Crippen molar-refractivity contribution in [2.24, 2.45) is 10.2 Å². The van der Waals surface area contributed by atoms with Gasteiger partial charge in [0.1, 0.15) is 0 Å². The molecule has 0 bridgehead atoms. The number of carboxylic acids is 1. The number of rotatable bonds is 6. The Balaban J connectivity index is 2.48. The van der Waals surface area contributed by atoms with Gasteiger partial charge in [-0.1, -0.05) is 35.3 Å². The molecule has 25 heavy (non-hydrogen) atoms. The average molecular weight is 379 g/mol. The smallest absolute Gasteiger partial charge is 0.338 e. The van der Waals surface area contributed by atoms with Crippen LogP contribution in [0, 0.1) is 0 Å². The van der Waals surface area contributed by atoms with Gasteiger partial charge in [-0.3, -0.25) is 9.59 Å². The first-order valence-electron chi connectivity index (χ1n) is 7.04. The summed E-state index contributed by atoms with van der Waals surface area (Å²) < 4.78 is 0. The normalized spacial score (nSPS) is 12.1. The maximum atomic E-state index is 12.7. The number of carboxylic acid groups (broad SMARTS) is 1. The molecule has 0 aliphatic heterocycles. The molecule has 0 aromatic heterocycles. The van der Waals surface area contributed by atoms with Crippen molar-refractivity contribution >= 4 is 46.4 Å². The quantitative estimate of drug-likeness (QED) is 0.458. The zero-order chi connectivity index (χ0) is 18.6. The van der Waals surface area contributed by atoms with E-state index in [-0.39, 0.29) is 26.9 Å². The van der Waals surface area contributed by atoms with E-state index in [9.17, 15) is 14.4 Å². The van der Waals surface area contributed by atoms with Crippen LogP contribution in [0.4, 0.5) is 5.69 Å². The summed E-state index contributed by atoms with van der Waals surface area (Å²) in [5, 5.41) is 16.8. The fourth-order valence-electron chi connectivity index (χ4n) is 1.99. The summed E-state index contributed by atoms with van der Waals surface area (Å²) in [7, 11) is 0. The Hall–Kier alpha value is -2.57. The second-order valence-electron chi connectivity index (χ2n) is 5.04. The van der Waals surface area contributed by atoms with Gasteiger partial charge in [-0.05, 0) is 37.3 Å². The molecule has 1 atom stereocenters. The molecule has 0 aliphatic carbocycles. The number of carbonyl (C=O) groups is 3. The lowest BCUT2D eigenvalue weighted by Crippen LogP contribution is -2.25. The summed E-state index contributed by atoms with van der Waals surface area (Å²) in [4.78, 5) is 35.1. The minimum absolute atomic E-state index is 0.0850. The topological polar surface area (TPSA) is 96.2 Å². The summed E-state index contributed by atoms with van der Waals surface area (Å²) in [6.07, 6.45) is 0. The predicted octanol–water partition coefficient (Wildman–Crippen LogP) is 4.35. The summed E-state index contributed by atoms with van der Waals surface area (Å²) in [6.45, 7) is 1.09. The van der Waals surface area contributed by atoms with E-state index < -0.39 is 23.6 Å². The van der Waals surface area contributed by atoms with E-state index in [0.717, 1.165) is 6.92 Å². The van der Waals surface area contributed by atoms with Crippen molar-refractivity contribution in [3.8, 4) is 0 Å². The van der Waals surface area contributed by atoms with Gasteiger partial charge in [0, 0.05) is 10.6 Å². The number of ketones is 2.